The summed E-state index contributed by atoms with van der Waals surface area (Å²) in [7, 11) is 0. The second-order valence-electron chi connectivity index (χ2n) is 8.66. The van der Waals surface area contributed by atoms with Gasteiger partial charge >= 0.3 is 6.03 Å². The molecule has 4 bridgehead atoms. The Balaban J connectivity index is 1.29. The number of nitrogens with one attached hydrogen (secondary N) is 1. The van der Waals surface area contributed by atoms with Crippen molar-refractivity contribution in [3.63, 3.8) is 0 Å². The quantitative estimate of drug-likeness (QED) is 0.913. The number of carbonyl (C=O) groups excluding carboxylic acids is 1. The van der Waals surface area contributed by atoms with Crippen LogP contribution in [0.25, 0.3) is 0 Å². The van der Waals surface area contributed by atoms with E-state index in [0.717, 1.165) is 43.5 Å². The smallest absolute Gasteiger partial charge is 0.318 e. The van der Waals surface area contributed by atoms with Crippen molar-refractivity contribution in [1.29, 1.82) is 0 Å². The summed E-state index contributed by atoms with van der Waals surface area (Å²) in [5.74, 6) is 4.60. The molecule has 4 aliphatic carbocycles. The molecule has 6 heteroatoms. The highest BCUT2D eigenvalue weighted by molar-refractivity contribution is 5.75. The first-order chi connectivity index (χ1) is 12.2. The third-order valence-corrected chi connectivity index (χ3v) is 7.12. The fourth-order valence-corrected chi connectivity index (χ4v) is 6.20. The van der Waals surface area contributed by atoms with Crippen LogP contribution in [0.3, 0.4) is 0 Å². The lowest BCUT2D eigenvalue weighted by atomic mass is 9.54. The molecule has 25 heavy (non-hydrogen) atoms. The van der Waals surface area contributed by atoms with E-state index < -0.39 is 0 Å². The van der Waals surface area contributed by atoms with Gasteiger partial charge in [-0.3, -0.25) is 0 Å². The van der Waals surface area contributed by atoms with Gasteiger partial charge in [0.05, 0.1) is 0 Å². The standard InChI is InChI=1S/C19H28N4O2/c1-2-16-20-18(25-22-16)15-4-3-5-23(15)19(24)21-17-13-7-11-6-12(9-13)10-14(17)8-11/h11-15,17H,2-10H2,1H3,(H,21,24). The number of amides is 2. The fourth-order valence-electron chi connectivity index (χ4n) is 6.20. The van der Waals surface area contributed by atoms with Crippen molar-refractivity contribution >= 4 is 6.03 Å². The third-order valence-electron chi connectivity index (χ3n) is 7.12. The molecule has 1 unspecified atom stereocenters. The Morgan fingerprint density at radius 2 is 1.92 bits per heavy atom. The number of likely N-dealkylation sites (tertiary alicyclic amines) is 1. The van der Waals surface area contributed by atoms with Crippen LogP contribution < -0.4 is 5.32 Å². The Labute approximate surface area is 148 Å². The summed E-state index contributed by atoms with van der Waals surface area (Å²) in [5.41, 5.74) is 0. The van der Waals surface area contributed by atoms with Gasteiger partial charge in [-0.25, -0.2) is 4.79 Å². The number of aryl methyl sites for hydroxylation is 1. The lowest BCUT2D eigenvalue weighted by molar-refractivity contribution is -0.0113. The van der Waals surface area contributed by atoms with Crippen LogP contribution in [0.4, 0.5) is 4.79 Å². The zero-order valence-electron chi connectivity index (χ0n) is 15.0. The largest absolute Gasteiger partial charge is 0.337 e. The molecule has 5 aliphatic rings. The Hall–Kier alpha value is -1.59. The molecule has 6 rings (SSSR count). The van der Waals surface area contributed by atoms with Crippen molar-refractivity contribution in [1.82, 2.24) is 20.4 Å². The van der Waals surface area contributed by atoms with Crippen molar-refractivity contribution in [3.8, 4) is 0 Å². The average molecular weight is 344 g/mol. The van der Waals surface area contributed by atoms with Crippen LogP contribution in [0.1, 0.15) is 69.6 Å². The third kappa shape index (κ3) is 2.64. The highest BCUT2D eigenvalue weighted by atomic mass is 16.5. The van der Waals surface area contributed by atoms with Crippen LogP contribution in [0.2, 0.25) is 0 Å². The van der Waals surface area contributed by atoms with Gasteiger partial charge in [-0.15, -0.1) is 0 Å². The van der Waals surface area contributed by atoms with Gasteiger partial charge in [-0.1, -0.05) is 12.1 Å². The number of nitrogens with zero attached hydrogens (tertiary/aromatic N) is 3. The predicted molar refractivity (Wildman–Crippen MR) is 91.7 cm³/mol. The molecule has 2 heterocycles. The minimum atomic E-state index is -0.0513. The van der Waals surface area contributed by atoms with Gasteiger partial charge in [0.1, 0.15) is 6.04 Å². The van der Waals surface area contributed by atoms with Crippen molar-refractivity contribution in [2.75, 3.05) is 6.54 Å². The van der Waals surface area contributed by atoms with Gasteiger partial charge in [0.15, 0.2) is 5.82 Å². The van der Waals surface area contributed by atoms with Crippen molar-refractivity contribution in [2.45, 2.75) is 70.4 Å². The molecule has 5 fully saturated rings. The minimum Gasteiger partial charge on any atom is -0.337 e. The van der Waals surface area contributed by atoms with Gasteiger partial charge in [0.2, 0.25) is 5.89 Å². The number of hydrogen-bond donors (Lipinski definition) is 1. The molecule has 0 radical (unpaired) electrons. The van der Waals surface area contributed by atoms with Crippen molar-refractivity contribution in [2.24, 2.45) is 23.7 Å². The average Bonchev–Trinajstić information content (AvgIpc) is 3.25. The molecular formula is C19H28N4O2. The fraction of sp³-hybridized carbons (Fsp3) is 0.842. The van der Waals surface area contributed by atoms with Crippen LogP contribution in [-0.2, 0) is 6.42 Å². The first-order valence-electron chi connectivity index (χ1n) is 10.1. The van der Waals surface area contributed by atoms with E-state index in [4.69, 9.17) is 4.52 Å². The van der Waals surface area contributed by atoms with E-state index in [-0.39, 0.29) is 12.1 Å². The lowest BCUT2D eigenvalue weighted by Crippen LogP contribution is -2.57. The van der Waals surface area contributed by atoms with Gasteiger partial charge in [0, 0.05) is 19.0 Å². The second kappa shape index (κ2) is 5.99. The summed E-state index contributed by atoms with van der Waals surface area (Å²) in [5, 5.41) is 7.43. The normalized spacial score (nSPS) is 39.2. The zero-order chi connectivity index (χ0) is 17.0. The first kappa shape index (κ1) is 15.6. The molecule has 1 aromatic rings. The Kier molecular flexibility index (Phi) is 3.75. The molecule has 1 aromatic heterocycles. The maximum Gasteiger partial charge on any atom is 0.318 e. The summed E-state index contributed by atoms with van der Waals surface area (Å²) in [6.07, 6.45) is 9.42. The summed E-state index contributed by atoms with van der Waals surface area (Å²) < 4.78 is 5.42. The molecule has 1 atom stereocenters. The summed E-state index contributed by atoms with van der Waals surface area (Å²) >= 11 is 0. The minimum absolute atomic E-state index is 0.0513. The Morgan fingerprint density at radius 3 is 2.56 bits per heavy atom. The number of rotatable bonds is 3. The highest BCUT2D eigenvalue weighted by Crippen LogP contribution is 2.53. The van der Waals surface area contributed by atoms with Gasteiger partial charge in [-0.05, 0) is 68.6 Å². The monoisotopic (exact) mass is 344 g/mol. The molecule has 136 valence electrons. The topological polar surface area (TPSA) is 71.3 Å². The van der Waals surface area contributed by atoms with E-state index in [1.165, 1.54) is 32.1 Å². The van der Waals surface area contributed by atoms with E-state index >= 15 is 0 Å². The Morgan fingerprint density at radius 1 is 1.20 bits per heavy atom. The van der Waals surface area contributed by atoms with E-state index in [1.54, 1.807) is 0 Å². The number of carbonyl (C=O) groups is 1. The molecular weight excluding hydrogens is 316 g/mol. The SMILES string of the molecule is CCc1noc(C2CCCN2C(=O)NC2C3CC4CC(C3)CC2C4)n1. The van der Waals surface area contributed by atoms with Crippen molar-refractivity contribution in [3.05, 3.63) is 11.7 Å². The molecule has 1 aliphatic heterocycles. The van der Waals surface area contributed by atoms with Gasteiger partial charge in [0.25, 0.3) is 0 Å². The number of hydrogen-bond acceptors (Lipinski definition) is 4. The van der Waals surface area contributed by atoms with Crippen LogP contribution in [0.5, 0.6) is 0 Å². The molecule has 6 nitrogen and oxygen atoms in total. The molecule has 0 spiro atoms. The van der Waals surface area contributed by atoms with Crippen LogP contribution in [0.15, 0.2) is 4.52 Å². The highest BCUT2D eigenvalue weighted by Gasteiger charge is 2.49. The van der Waals surface area contributed by atoms with Crippen molar-refractivity contribution < 1.29 is 9.32 Å². The van der Waals surface area contributed by atoms with E-state index in [0.29, 0.717) is 23.8 Å². The van der Waals surface area contributed by atoms with E-state index in [2.05, 4.69) is 15.5 Å². The molecule has 4 saturated carbocycles. The Bertz CT molecular complexity index is 630. The maximum atomic E-state index is 13.0. The maximum absolute atomic E-state index is 13.0. The number of urea groups is 1. The molecule has 1 saturated heterocycles. The van der Waals surface area contributed by atoms with E-state index in [9.17, 15) is 4.79 Å². The summed E-state index contributed by atoms with van der Waals surface area (Å²) in [6, 6.07) is 0.413. The summed E-state index contributed by atoms with van der Waals surface area (Å²) in [4.78, 5) is 19.4. The van der Waals surface area contributed by atoms with Crippen LogP contribution in [-0.4, -0.2) is 33.7 Å². The first-order valence-corrected chi connectivity index (χ1v) is 10.1. The lowest BCUT2D eigenvalue weighted by Gasteiger charge is -2.54. The zero-order valence-corrected chi connectivity index (χ0v) is 15.0. The second-order valence-corrected chi connectivity index (χ2v) is 8.66. The summed E-state index contributed by atoms with van der Waals surface area (Å²) in [6.45, 7) is 2.80. The molecule has 1 N–H and O–H groups in total. The van der Waals surface area contributed by atoms with Gasteiger partial charge in [-0.2, -0.15) is 4.98 Å². The molecule has 2 amide bonds. The van der Waals surface area contributed by atoms with Crippen LogP contribution in [0, 0.1) is 23.7 Å². The van der Waals surface area contributed by atoms with Gasteiger partial charge < -0.3 is 14.7 Å². The number of aromatic nitrogens is 2. The van der Waals surface area contributed by atoms with Crippen LogP contribution >= 0.6 is 0 Å². The molecule has 0 aromatic carbocycles. The van der Waals surface area contributed by atoms with E-state index in [1.807, 2.05) is 11.8 Å². The predicted octanol–water partition coefficient (Wildman–Crippen LogP) is 3.30.